The van der Waals surface area contributed by atoms with Crippen molar-refractivity contribution in [3.05, 3.63) is 45.9 Å². The Morgan fingerprint density at radius 1 is 1.33 bits per heavy atom. The maximum Gasteiger partial charge on any atom is 0.240 e. The lowest BCUT2D eigenvalue weighted by molar-refractivity contribution is 0.352. The molecule has 0 amide bonds. The van der Waals surface area contributed by atoms with Gasteiger partial charge in [0.15, 0.2) is 0 Å². The molecule has 0 aliphatic rings. The fraction of sp³-hybridized carbons (Fsp3) is 0.231. The fourth-order valence-electron chi connectivity index (χ4n) is 1.86. The number of ether oxygens (including phenoxy) is 2. The van der Waals surface area contributed by atoms with E-state index >= 15 is 0 Å². The Balaban J connectivity index is 2.53. The van der Waals surface area contributed by atoms with Gasteiger partial charge in [-0.25, -0.2) is 14.8 Å². The van der Waals surface area contributed by atoms with Gasteiger partial charge in [0.25, 0.3) is 0 Å². The number of nitrogens with zero attached hydrogens (tertiary/aromatic N) is 2. The van der Waals surface area contributed by atoms with Crippen LogP contribution in [0.25, 0.3) is 0 Å². The first-order valence-corrected chi connectivity index (χ1v) is 6.76. The van der Waals surface area contributed by atoms with Crippen LogP contribution in [0.1, 0.15) is 17.3 Å². The van der Waals surface area contributed by atoms with Crippen molar-refractivity contribution < 1.29 is 13.9 Å². The Labute approximate surface area is 129 Å². The molecule has 21 heavy (non-hydrogen) atoms. The lowest BCUT2D eigenvalue weighted by atomic mass is 10.0. The van der Waals surface area contributed by atoms with Crippen LogP contribution in [0.15, 0.2) is 28.9 Å². The van der Waals surface area contributed by atoms with Crippen molar-refractivity contribution in [2.75, 3.05) is 14.2 Å². The molecule has 0 spiro atoms. The molecular weight excluding hydrogens is 343 g/mol. The second-order valence-corrected chi connectivity index (χ2v) is 4.99. The van der Waals surface area contributed by atoms with Crippen LogP contribution in [0.3, 0.4) is 0 Å². The molecular formula is C13H14BrFN4O2. The van der Waals surface area contributed by atoms with Gasteiger partial charge < -0.3 is 9.47 Å². The summed E-state index contributed by atoms with van der Waals surface area (Å²) in [6.07, 6.45) is 1.41. The molecule has 0 saturated heterocycles. The van der Waals surface area contributed by atoms with E-state index in [1.54, 1.807) is 12.1 Å². The smallest absolute Gasteiger partial charge is 0.240 e. The third kappa shape index (κ3) is 3.29. The van der Waals surface area contributed by atoms with Gasteiger partial charge in [-0.1, -0.05) is 15.9 Å². The number of nitrogens with one attached hydrogen (secondary N) is 1. The van der Waals surface area contributed by atoms with Crippen molar-refractivity contribution in [1.29, 1.82) is 0 Å². The number of hydrazine groups is 1. The van der Waals surface area contributed by atoms with Gasteiger partial charge in [0.1, 0.15) is 11.5 Å². The van der Waals surface area contributed by atoms with Crippen molar-refractivity contribution in [3.8, 4) is 11.8 Å². The summed E-state index contributed by atoms with van der Waals surface area (Å²) < 4.78 is 24.9. The summed E-state index contributed by atoms with van der Waals surface area (Å²) in [5.74, 6) is 5.65. The van der Waals surface area contributed by atoms with Gasteiger partial charge in [-0.15, -0.1) is 0 Å². The Kier molecular flexibility index (Phi) is 5.05. The molecule has 112 valence electrons. The van der Waals surface area contributed by atoms with E-state index < -0.39 is 11.9 Å². The van der Waals surface area contributed by atoms with Crippen LogP contribution in [0.5, 0.6) is 11.8 Å². The van der Waals surface area contributed by atoms with E-state index in [9.17, 15) is 4.39 Å². The monoisotopic (exact) mass is 356 g/mol. The van der Waals surface area contributed by atoms with Crippen LogP contribution in [0.2, 0.25) is 0 Å². The molecule has 1 aromatic carbocycles. The Morgan fingerprint density at radius 3 is 2.71 bits per heavy atom. The second-order valence-electron chi connectivity index (χ2n) is 4.07. The average Bonchev–Trinajstić information content (AvgIpc) is 2.51. The molecule has 2 aromatic rings. The summed E-state index contributed by atoms with van der Waals surface area (Å²) in [4.78, 5) is 8.32. The Hall–Kier alpha value is -1.77. The van der Waals surface area contributed by atoms with Crippen molar-refractivity contribution in [2.24, 2.45) is 5.84 Å². The third-order valence-electron chi connectivity index (χ3n) is 2.86. The summed E-state index contributed by atoms with van der Waals surface area (Å²) in [5.41, 5.74) is 3.21. The van der Waals surface area contributed by atoms with Gasteiger partial charge in [-0.2, -0.15) is 4.98 Å². The molecule has 0 radical (unpaired) electrons. The SMILES string of the molecule is COc1cnc(C(NN)c2cc(Br)ccc2F)c(OC)n1. The lowest BCUT2D eigenvalue weighted by Crippen LogP contribution is -2.30. The summed E-state index contributed by atoms with van der Waals surface area (Å²) >= 11 is 3.30. The highest BCUT2D eigenvalue weighted by molar-refractivity contribution is 9.10. The van der Waals surface area contributed by atoms with E-state index in [4.69, 9.17) is 15.3 Å². The topological polar surface area (TPSA) is 82.3 Å². The lowest BCUT2D eigenvalue weighted by Gasteiger charge is -2.18. The summed E-state index contributed by atoms with van der Waals surface area (Å²) in [6.45, 7) is 0. The quantitative estimate of drug-likeness (QED) is 0.629. The van der Waals surface area contributed by atoms with Crippen LogP contribution < -0.4 is 20.7 Å². The zero-order chi connectivity index (χ0) is 15.4. The molecule has 1 aromatic heterocycles. The van der Waals surface area contributed by atoms with E-state index in [0.29, 0.717) is 17.1 Å². The van der Waals surface area contributed by atoms with Gasteiger partial charge in [0, 0.05) is 10.0 Å². The highest BCUT2D eigenvalue weighted by Crippen LogP contribution is 2.30. The van der Waals surface area contributed by atoms with Gasteiger partial charge in [0.2, 0.25) is 11.8 Å². The zero-order valence-corrected chi connectivity index (χ0v) is 13.0. The molecule has 0 fully saturated rings. The van der Waals surface area contributed by atoms with Crippen LogP contribution in [-0.4, -0.2) is 24.2 Å². The summed E-state index contributed by atoms with van der Waals surface area (Å²) in [7, 11) is 2.91. The van der Waals surface area contributed by atoms with Crippen LogP contribution in [0, 0.1) is 5.82 Å². The average molecular weight is 357 g/mol. The largest absolute Gasteiger partial charge is 0.480 e. The zero-order valence-electron chi connectivity index (χ0n) is 11.4. The summed E-state index contributed by atoms with van der Waals surface area (Å²) in [5, 5.41) is 0. The molecule has 3 N–H and O–H groups in total. The molecule has 8 heteroatoms. The number of halogens is 2. The van der Waals surface area contributed by atoms with E-state index in [1.165, 1.54) is 26.5 Å². The number of hydrogen-bond acceptors (Lipinski definition) is 6. The number of rotatable bonds is 5. The predicted octanol–water partition coefficient (Wildman–Crippen LogP) is 1.95. The summed E-state index contributed by atoms with van der Waals surface area (Å²) in [6, 6.07) is 3.85. The molecule has 0 bridgehead atoms. The van der Waals surface area contributed by atoms with E-state index in [2.05, 4.69) is 31.3 Å². The number of benzene rings is 1. The molecule has 6 nitrogen and oxygen atoms in total. The molecule has 1 atom stereocenters. The van der Waals surface area contributed by atoms with Crippen molar-refractivity contribution >= 4 is 15.9 Å². The minimum Gasteiger partial charge on any atom is -0.480 e. The highest BCUT2D eigenvalue weighted by atomic mass is 79.9. The number of nitrogens with two attached hydrogens (primary N) is 1. The standard InChI is InChI=1S/C13H14BrFN4O2/c1-20-10-6-17-12(13(18-10)21-2)11(19-16)8-5-7(14)3-4-9(8)15/h3-6,11,19H,16H2,1-2H3. The molecule has 0 saturated carbocycles. The maximum absolute atomic E-state index is 14.0. The fourth-order valence-corrected chi connectivity index (χ4v) is 2.24. The molecule has 0 aliphatic heterocycles. The van der Waals surface area contributed by atoms with Crippen molar-refractivity contribution in [3.63, 3.8) is 0 Å². The first-order valence-electron chi connectivity index (χ1n) is 5.96. The van der Waals surface area contributed by atoms with Crippen LogP contribution in [-0.2, 0) is 0 Å². The highest BCUT2D eigenvalue weighted by Gasteiger charge is 2.23. The van der Waals surface area contributed by atoms with Gasteiger partial charge in [-0.05, 0) is 18.2 Å². The number of methoxy groups -OCH3 is 2. The minimum absolute atomic E-state index is 0.205. The first kappa shape index (κ1) is 15.6. The maximum atomic E-state index is 14.0. The van der Waals surface area contributed by atoms with Gasteiger partial charge in [0.05, 0.1) is 26.5 Å². The van der Waals surface area contributed by atoms with E-state index in [0.717, 1.165) is 4.47 Å². The van der Waals surface area contributed by atoms with Gasteiger partial charge >= 0.3 is 0 Å². The predicted molar refractivity (Wildman–Crippen MR) is 78.4 cm³/mol. The van der Waals surface area contributed by atoms with E-state index in [-0.39, 0.29) is 5.88 Å². The minimum atomic E-state index is -0.712. The van der Waals surface area contributed by atoms with Crippen molar-refractivity contribution in [1.82, 2.24) is 15.4 Å². The van der Waals surface area contributed by atoms with E-state index in [1.807, 2.05) is 0 Å². The van der Waals surface area contributed by atoms with Crippen LogP contribution >= 0.6 is 15.9 Å². The Morgan fingerprint density at radius 2 is 2.10 bits per heavy atom. The normalized spacial score (nSPS) is 12.0. The third-order valence-corrected chi connectivity index (χ3v) is 3.35. The van der Waals surface area contributed by atoms with Crippen LogP contribution in [0.4, 0.5) is 4.39 Å². The van der Waals surface area contributed by atoms with Gasteiger partial charge in [-0.3, -0.25) is 5.84 Å². The number of hydrogen-bond donors (Lipinski definition) is 2. The molecule has 1 heterocycles. The molecule has 1 unspecified atom stereocenters. The molecule has 2 rings (SSSR count). The number of aromatic nitrogens is 2. The first-order chi connectivity index (χ1) is 10.1. The second kappa shape index (κ2) is 6.79. The van der Waals surface area contributed by atoms with Crippen molar-refractivity contribution in [2.45, 2.75) is 6.04 Å². The molecule has 0 aliphatic carbocycles. The Bertz CT molecular complexity index is 642.